The van der Waals surface area contributed by atoms with Crippen LogP contribution >= 0.6 is 0 Å². The predicted molar refractivity (Wildman–Crippen MR) is 83.8 cm³/mol. The second-order valence-corrected chi connectivity index (χ2v) is 5.42. The third kappa shape index (κ3) is 4.99. The summed E-state index contributed by atoms with van der Waals surface area (Å²) in [6.07, 6.45) is 3.63. The predicted octanol–water partition coefficient (Wildman–Crippen LogP) is 2.93. The molecule has 0 saturated carbocycles. The molecule has 1 aromatic rings. The van der Waals surface area contributed by atoms with Crippen molar-refractivity contribution in [3.05, 3.63) is 29.8 Å². The zero-order chi connectivity index (χ0) is 14.9. The van der Waals surface area contributed by atoms with Crippen molar-refractivity contribution in [1.29, 1.82) is 0 Å². The number of methoxy groups -OCH3 is 1. The lowest BCUT2D eigenvalue weighted by Crippen LogP contribution is -2.28. The first kappa shape index (κ1) is 16.3. The van der Waals surface area contributed by atoms with E-state index in [1.54, 1.807) is 7.11 Å². The fourth-order valence-corrected chi connectivity index (χ4v) is 2.62. The number of benzene rings is 1. The maximum atomic E-state index is 5.89. The van der Waals surface area contributed by atoms with E-state index in [1.807, 2.05) is 18.2 Å². The topological polar surface area (TPSA) is 39.7 Å². The van der Waals surface area contributed by atoms with Gasteiger partial charge in [-0.3, -0.25) is 0 Å². The van der Waals surface area contributed by atoms with Gasteiger partial charge < -0.3 is 19.5 Å². The zero-order valence-corrected chi connectivity index (χ0v) is 13.1. The Hall–Kier alpha value is -1.10. The summed E-state index contributed by atoms with van der Waals surface area (Å²) in [5, 5.41) is 3.54. The Bertz CT molecular complexity index is 405. The molecular formula is C17H27NO3. The van der Waals surface area contributed by atoms with Crippen LogP contribution in [0.5, 0.6) is 5.75 Å². The molecule has 118 valence electrons. The summed E-state index contributed by atoms with van der Waals surface area (Å²) in [5.41, 5.74) is 1.15. The highest BCUT2D eigenvalue weighted by Gasteiger charge is 2.19. The van der Waals surface area contributed by atoms with Crippen LogP contribution in [-0.4, -0.2) is 39.6 Å². The van der Waals surface area contributed by atoms with Crippen molar-refractivity contribution in [2.75, 3.05) is 33.5 Å². The summed E-state index contributed by atoms with van der Waals surface area (Å²) in [6, 6.07) is 8.28. The first-order valence-electron chi connectivity index (χ1n) is 7.90. The quantitative estimate of drug-likeness (QED) is 0.760. The van der Waals surface area contributed by atoms with Crippen molar-refractivity contribution in [2.24, 2.45) is 0 Å². The van der Waals surface area contributed by atoms with E-state index in [1.165, 1.54) is 0 Å². The van der Waals surface area contributed by atoms with Crippen molar-refractivity contribution in [3.8, 4) is 5.75 Å². The highest BCUT2D eigenvalue weighted by molar-refractivity contribution is 5.35. The van der Waals surface area contributed by atoms with Gasteiger partial charge in [-0.1, -0.05) is 25.1 Å². The van der Waals surface area contributed by atoms with Crippen LogP contribution in [0.25, 0.3) is 0 Å². The Balaban J connectivity index is 1.92. The number of ether oxygens (including phenoxy) is 3. The molecule has 0 bridgehead atoms. The molecule has 2 unspecified atom stereocenters. The standard InChI is InChI=1S/C17H27NO3/c1-3-10-18-16(13-20-12-14-7-6-11-21-14)15-8-4-5-9-17(15)19-2/h4-5,8-9,14,16,18H,3,6-7,10-13H2,1-2H3. The second-order valence-electron chi connectivity index (χ2n) is 5.42. The fourth-order valence-electron chi connectivity index (χ4n) is 2.62. The van der Waals surface area contributed by atoms with E-state index < -0.39 is 0 Å². The lowest BCUT2D eigenvalue weighted by molar-refractivity contribution is 0.00981. The molecule has 0 spiro atoms. The average molecular weight is 293 g/mol. The smallest absolute Gasteiger partial charge is 0.123 e. The molecule has 0 aromatic heterocycles. The highest BCUT2D eigenvalue weighted by atomic mass is 16.5. The second kappa shape index (κ2) is 9.03. The Morgan fingerprint density at radius 1 is 1.38 bits per heavy atom. The van der Waals surface area contributed by atoms with E-state index >= 15 is 0 Å². The summed E-state index contributed by atoms with van der Waals surface area (Å²) in [7, 11) is 1.71. The van der Waals surface area contributed by atoms with Crippen LogP contribution in [0, 0.1) is 0 Å². The van der Waals surface area contributed by atoms with E-state index in [4.69, 9.17) is 14.2 Å². The Labute approximate surface area is 127 Å². The minimum atomic E-state index is 0.155. The van der Waals surface area contributed by atoms with E-state index in [9.17, 15) is 0 Å². The minimum Gasteiger partial charge on any atom is -0.496 e. The molecule has 1 N–H and O–H groups in total. The lowest BCUT2D eigenvalue weighted by atomic mass is 10.1. The number of para-hydroxylation sites is 1. The molecule has 0 amide bonds. The third-order valence-corrected chi connectivity index (χ3v) is 3.77. The molecule has 1 fully saturated rings. The van der Waals surface area contributed by atoms with Crippen LogP contribution < -0.4 is 10.1 Å². The van der Waals surface area contributed by atoms with Crippen molar-refractivity contribution < 1.29 is 14.2 Å². The van der Waals surface area contributed by atoms with Gasteiger partial charge in [0.05, 0.1) is 32.5 Å². The molecule has 1 aromatic carbocycles. The van der Waals surface area contributed by atoms with Crippen molar-refractivity contribution in [2.45, 2.75) is 38.3 Å². The summed E-state index contributed by atoms with van der Waals surface area (Å²) in [6.45, 7) is 5.32. The first-order chi connectivity index (χ1) is 10.3. The van der Waals surface area contributed by atoms with Crippen LogP contribution in [0.2, 0.25) is 0 Å². The van der Waals surface area contributed by atoms with Crippen LogP contribution in [0.15, 0.2) is 24.3 Å². The van der Waals surface area contributed by atoms with Crippen LogP contribution in [0.4, 0.5) is 0 Å². The molecule has 4 heteroatoms. The Morgan fingerprint density at radius 2 is 2.24 bits per heavy atom. The number of hydrogen-bond acceptors (Lipinski definition) is 4. The maximum absolute atomic E-state index is 5.89. The van der Waals surface area contributed by atoms with Gasteiger partial charge in [-0.15, -0.1) is 0 Å². The van der Waals surface area contributed by atoms with E-state index in [2.05, 4.69) is 18.3 Å². The summed E-state index contributed by atoms with van der Waals surface area (Å²) >= 11 is 0. The monoisotopic (exact) mass is 293 g/mol. The van der Waals surface area contributed by atoms with Crippen molar-refractivity contribution in [1.82, 2.24) is 5.32 Å². The van der Waals surface area contributed by atoms with Crippen LogP contribution in [0.1, 0.15) is 37.8 Å². The minimum absolute atomic E-state index is 0.155. The highest BCUT2D eigenvalue weighted by Crippen LogP contribution is 2.25. The van der Waals surface area contributed by atoms with Gasteiger partial charge in [-0.05, 0) is 31.9 Å². The first-order valence-corrected chi connectivity index (χ1v) is 7.90. The molecule has 1 saturated heterocycles. The van der Waals surface area contributed by atoms with Gasteiger partial charge in [-0.2, -0.15) is 0 Å². The number of rotatable bonds is 9. The average Bonchev–Trinajstić information content (AvgIpc) is 3.04. The Morgan fingerprint density at radius 3 is 2.95 bits per heavy atom. The molecule has 2 atom stereocenters. The maximum Gasteiger partial charge on any atom is 0.123 e. The molecule has 1 aliphatic heterocycles. The zero-order valence-electron chi connectivity index (χ0n) is 13.1. The molecule has 0 aliphatic carbocycles. The van der Waals surface area contributed by atoms with Gasteiger partial charge in [-0.25, -0.2) is 0 Å². The lowest BCUT2D eigenvalue weighted by Gasteiger charge is -2.22. The van der Waals surface area contributed by atoms with Gasteiger partial charge in [0.15, 0.2) is 0 Å². The van der Waals surface area contributed by atoms with Gasteiger partial charge in [0.2, 0.25) is 0 Å². The third-order valence-electron chi connectivity index (χ3n) is 3.77. The number of nitrogens with one attached hydrogen (secondary N) is 1. The summed E-state index contributed by atoms with van der Waals surface area (Å²) in [4.78, 5) is 0. The van der Waals surface area contributed by atoms with Crippen LogP contribution in [-0.2, 0) is 9.47 Å². The van der Waals surface area contributed by atoms with Gasteiger partial charge in [0.1, 0.15) is 5.75 Å². The normalized spacial score (nSPS) is 19.6. The van der Waals surface area contributed by atoms with Crippen molar-refractivity contribution in [3.63, 3.8) is 0 Å². The molecule has 2 rings (SSSR count). The number of hydrogen-bond donors (Lipinski definition) is 1. The van der Waals surface area contributed by atoms with Gasteiger partial charge >= 0.3 is 0 Å². The van der Waals surface area contributed by atoms with Gasteiger partial charge in [0.25, 0.3) is 0 Å². The summed E-state index contributed by atoms with van der Waals surface area (Å²) in [5.74, 6) is 0.909. The van der Waals surface area contributed by atoms with E-state index in [0.717, 1.165) is 43.7 Å². The molecular weight excluding hydrogens is 266 g/mol. The molecule has 1 heterocycles. The van der Waals surface area contributed by atoms with Gasteiger partial charge in [0, 0.05) is 12.2 Å². The molecule has 1 aliphatic rings. The van der Waals surface area contributed by atoms with Crippen molar-refractivity contribution >= 4 is 0 Å². The largest absolute Gasteiger partial charge is 0.496 e. The fraction of sp³-hybridized carbons (Fsp3) is 0.647. The summed E-state index contributed by atoms with van der Waals surface area (Å²) < 4.78 is 16.9. The molecule has 4 nitrogen and oxygen atoms in total. The molecule has 0 radical (unpaired) electrons. The van der Waals surface area contributed by atoms with Crippen LogP contribution in [0.3, 0.4) is 0 Å². The molecule has 21 heavy (non-hydrogen) atoms. The Kier molecular flexibility index (Phi) is 7.00. The van der Waals surface area contributed by atoms with E-state index in [-0.39, 0.29) is 12.1 Å². The van der Waals surface area contributed by atoms with E-state index in [0.29, 0.717) is 13.2 Å². The SMILES string of the molecule is CCCNC(COCC1CCCO1)c1ccccc1OC.